The molecule has 1 aliphatic heterocycles. The molecule has 0 aromatic carbocycles. The lowest BCUT2D eigenvalue weighted by molar-refractivity contribution is -0.165. The second-order valence-electron chi connectivity index (χ2n) is 4.72. The van der Waals surface area contributed by atoms with Crippen LogP contribution in [0, 0.1) is 0 Å². The highest BCUT2D eigenvalue weighted by Crippen LogP contribution is 2.14. The molecule has 0 aromatic rings. The van der Waals surface area contributed by atoms with Crippen LogP contribution in [-0.2, 0) is 9.53 Å². The SMILES string of the molecule is CCCCOC(C(=O)O)N1CCCCCCC1. The van der Waals surface area contributed by atoms with Gasteiger partial charge in [-0.25, -0.2) is 4.79 Å². The van der Waals surface area contributed by atoms with Crippen LogP contribution < -0.4 is 0 Å². The lowest BCUT2D eigenvalue weighted by Crippen LogP contribution is -2.44. The van der Waals surface area contributed by atoms with E-state index in [-0.39, 0.29) is 0 Å². The second-order valence-corrected chi connectivity index (χ2v) is 4.72. The summed E-state index contributed by atoms with van der Waals surface area (Å²) < 4.78 is 5.51. The minimum Gasteiger partial charge on any atom is -0.478 e. The third kappa shape index (κ3) is 5.50. The molecule has 1 saturated heterocycles. The third-order valence-electron chi connectivity index (χ3n) is 3.21. The maximum atomic E-state index is 11.2. The van der Waals surface area contributed by atoms with Crippen molar-refractivity contribution in [2.75, 3.05) is 19.7 Å². The minimum absolute atomic E-state index is 0.546. The number of ether oxygens (including phenoxy) is 1. The average Bonchev–Trinajstić information content (AvgIpc) is 2.25. The van der Waals surface area contributed by atoms with Crippen LogP contribution in [0.5, 0.6) is 0 Å². The first-order chi connectivity index (χ1) is 8.25. The van der Waals surface area contributed by atoms with Gasteiger partial charge in [0, 0.05) is 19.7 Å². The van der Waals surface area contributed by atoms with E-state index in [0.717, 1.165) is 38.8 Å². The summed E-state index contributed by atoms with van der Waals surface area (Å²) in [5.41, 5.74) is 0. The molecule has 4 heteroatoms. The van der Waals surface area contributed by atoms with E-state index in [1.807, 2.05) is 4.90 Å². The molecular weight excluding hydrogens is 218 g/mol. The number of rotatable bonds is 6. The van der Waals surface area contributed by atoms with Gasteiger partial charge < -0.3 is 9.84 Å². The quantitative estimate of drug-likeness (QED) is 0.728. The van der Waals surface area contributed by atoms with Gasteiger partial charge >= 0.3 is 5.97 Å². The zero-order valence-corrected chi connectivity index (χ0v) is 10.9. The molecule has 1 aliphatic rings. The van der Waals surface area contributed by atoms with Crippen LogP contribution >= 0.6 is 0 Å². The fourth-order valence-corrected chi connectivity index (χ4v) is 2.18. The van der Waals surface area contributed by atoms with Crippen LogP contribution in [0.4, 0.5) is 0 Å². The van der Waals surface area contributed by atoms with Crippen molar-refractivity contribution < 1.29 is 14.6 Å². The Hall–Kier alpha value is -0.610. The molecule has 1 N–H and O–H groups in total. The van der Waals surface area contributed by atoms with Gasteiger partial charge in [0.1, 0.15) is 0 Å². The summed E-state index contributed by atoms with van der Waals surface area (Å²) in [4.78, 5) is 13.2. The van der Waals surface area contributed by atoms with Crippen molar-refractivity contribution in [2.45, 2.75) is 58.1 Å². The fraction of sp³-hybridized carbons (Fsp3) is 0.923. The van der Waals surface area contributed by atoms with Crippen molar-refractivity contribution in [1.82, 2.24) is 4.90 Å². The summed E-state index contributed by atoms with van der Waals surface area (Å²) in [6.07, 6.45) is 7.09. The highest BCUT2D eigenvalue weighted by Gasteiger charge is 2.26. The minimum atomic E-state index is -0.846. The lowest BCUT2D eigenvalue weighted by atomic mass is 10.1. The van der Waals surface area contributed by atoms with Gasteiger partial charge in [-0.15, -0.1) is 0 Å². The number of carbonyl (C=O) groups is 1. The predicted octanol–water partition coefficient (Wildman–Crippen LogP) is 2.48. The van der Waals surface area contributed by atoms with Crippen molar-refractivity contribution in [3.05, 3.63) is 0 Å². The van der Waals surface area contributed by atoms with E-state index in [2.05, 4.69) is 6.92 Å². The zero-order chi connectivity index (χ0) is 12.5. The molecule has 0 aromatic heterocycles. The van der Waals surface area contributed by atoms with E-state index in [9.17, 15) is 9.90 Å². The van der Waals surface area contributed by atoms with Crippen molar-refractivity contribution >= 4 is 5.97 Å². The molecular formula is C13H25NO3. The van der Waals surface area contributed by atoms with Gasteiger partial charge in [-0.3, -0.25) is 4.90 Å². The Balaban J connectivity index is 2.45. The van der Waals surface area contributed by atoms with Gasteiger partial charge in [0.05, 0.1) is 0 Å². The normalized spacial score (nSPS) is 20.5. The Kier molecular flexibility index (Phi) is 7.21. The highest BCUT2D eigenvalue weighted by atomic mass is 16.5. The van der Waals surface area contributed by atoms with Crippen LogP contribution in [-0.4, -0.2) is 41.9 Å². The lowest BCUT2D eigenvalue weighted by Gasteiger charge is -2.30. The first-order valence-electron chi connectivity index (χ1n) is 6.84. The molecule has 0 aliphatic carbocycles. The van der Waals surface area contributed by atoms with Crippen molar-refractivity contribution in [1.29, 1.82) is 0 Å². The van der Waals surface area contributed by atoms with Crippen molar-refractivity contribution in [2.24, 2.45) is 0 Å². The van der Waals surface area contributed by atoms with Crippen LogP contribution in [0.25, 0.3) is 0 Å². The highest BCUT2D eigenvalue weighted by molar-refractivity contribution is 5.71. The van der Waals surface area contributed by atoms with Gasteiger partial charge in [0.15, 0.2) is 0 Å². The second kappa shape index (κ2) is 8.48. The van der Waals surface area contributed by atoms with Crippen LogP contribution in [0.15, 0.2) is 0 Å². The molecule has 0 amide bonds. The van der Waals surface area contributed by atoms with Gasteiger partial charge in [-0.05, 0) is 19.3 Å². The Morgan fingerprint density at radius 2 is 1.82 bits per heavy atom. The summed E-state index contributed by atoms with van der Waals surface area (Å²) in [5.74, 6) is -0.846. The first kappa shape index (κ1) is 14.5. The molecule has 1 rings (SSSR count). The van der Waals surface area contributed by atoms with E-state index in [4.69, 9.17) is 4.74 Å². The summed E-state index contributed by atoms with van der Waals surface area (Å²) in [6.45, 7) is 4.32. The van der Waals surface area contributed by atoms with Gasteiger partial charge in [-0.1, -0.05) is 32.6 Å². The Bertz CT molecular complexity index is 213. The predicted molar refractivity (Wildman–Crippen MR) is 66.9 cm³/mol. The molecule has 1 fully saturated rings. The molecule has 0 bridgehead atoms. The molecule has 100 valence electrons. The number of nitrogens with zero attached hydrogens (tertiary/aromatic N) is 1. The smallest absolute Gasteiger partial charge is 0.348 e. The first-order valence-corrected chi connectivity index (χ1v) is 6.84. The van der Waals surface area contributed by atoms with Gasteiger partial charge in [0.25, 0.3) is 0 Å². The summed E-state index contributed by atoms with van der Waals surface area (Å²) in [5, 5.41) is 9.22. The topological polar surface area (TPSA) is 49.8 Å². The van der Waals surface area contributed by atoms with Crippen LogP contribution in [0.3, 0.4) is 0 Å². The standard InChI is InChI=1S/C13H25NO3/c1-2-3-11-17-12(13(15)16)14-9-7-5-4-6-8-10-14/h12H,2-11H2,1H3,(H,15,16). The molecule has 0 saturated carbocycles. The van der Waals surface area contributed by atoms with Gasteiger partial charge in [-0.2, -0.15) is 0 Å². The molecule has 4 nitrogen and oxygen atoms in total. The largest absolute Gasteiger partial charge is 0.478 e. The molecule has 17 heavy (non-hydrogen) atoms. The Morgan fingerprint density at radius 1 is 1.24 bits per heavy atom. The van der Waals surface area contributed by atoms with Crippen molar-refractivity contribution in [3.63, 3.8) is 0 Å². The number of aliphatic carboxylic acids is 1. The van der Waals surface area contributed by atoms with E-state index in [1.165, 1.54) is 19.3 Å². The number of hydrogen-bond acceptors (Lipinski definition) is 3. The van der Waals surface area contributed by atoms with E-state index in [0.29, 0.717) is 6.61 Å². The molecule has 0 radical (unpaired) electrons. The molecule has 0 spiro atoms. The third-order valence-corrected chi connectivity index (χ3v) is 3.21. The monoisotopic (exact) mass is 243 g/mol. The number of hydrogen-bond donors (Lipinski definition) is 1. The molecule has 1 unspecified atom stereocenters. The van der Waals surface area contributed by atoms with Gasteiger partial charge in [0.2, 0.25) is 6.23 Å². The van der Waals surface area contributed by atoms with Crippen LogP contribution in [0.1, 0.15) is 51.9 Å². The fourth-order valence-electron chi connectivity index (χ4n) is 2.18. The van der Waals surface area contributed by atoms with Crippen molar-refractivity contribution in [3.8, 4) is 0 Å². The summed E-state index contributed by atoms with van der Waals surface area (Å²) in [7, 11) is 0. The van der Waals surface area contributed by atoms with E-state index in [1.54, 1.807) is 0 Å². The Labute approximate surface area is 104 Å². The van der Waals surface area contributed by atoms with Crippen LogP contribution in [0.2, 0.25) is 0 Å². The van der Waals surface area contributed by atoms with E-state index >= 15 is 0 Å². The Morgan fingerprint density at radius 3 is 2.35 bits per heavy atom. The number of likely N-dealkylation sites (tertiary alicyclic amines) is 1. The number of carboxylic acid groups (broad SMARTS) is 1. The van der Waals surface area contributed by atoms with E-state index < -0.39 is 12.2 Å². The number of carboxylic acids is 1. The maximum absolute atomic E-state index is 11.2. The molecule has 1 atom stereocenters. The molecule has 1 heterocycles. The summed E-state index contributed by atoms with van der Waals surface area (Å²) in [6, 6.07) is 0. The number of unbranched alkanes of at least 4 members (excludes halogenated alkanes) is 1. The summed E-state index contributed by atoms with van der Waals surface area (Å²) >= 11 is 0. The maximum Gasteiger partial charge on any atom is 0.348 e. The zero-order valence-electron chi connectivity index (χ0n) is 10.9. The average molecular weight is 243 g/mol.